The van der Waals surface area contributed by atoms with Gasteiger partial charge in [-0.05, 0) is 82.5 Å². The molecule has 4 rings (SSSR count). The van der Waals surface area contributed by atoms with E-state index in [-0.39, 0.29) is 30.6 Å². The first-order valence-electron chi connectivity index (χ1n) is 14.5. The van der Waals surface area contributed by atoms with E-state index in [2.05, 4.69) is 0 Å². The molecule has 2 heterocycles. The van der Waals surface area contributed by atoms with Crippen molar-refractivity contribution in [2.45, 2.75) is 122 Å². The van der Waals surface area contributed by atoms with E-state index in [1.54, 1.807) is 14.0 Å². The van der Waals surface area contributed by atoms with E-state index in [1.165, 1.54) is 4.90 Å². The van der Waals surface area contributed by atoms with Gasteiger partial charge in [-0.1, -0.05) is 20.8 Å². The Morgan fingerprint density at radius 1 is 1.08 bits per heavy atom. The number of carbonyl (C=O) groups excluding carboxylic acids is 3. The largest absolute Gasteiger partial charge is 0.461 e. The molecule has 0 bridgehead atoms. The average molecular weight is 541 g/mol. The summed E-state index contributed by atoms with van der Waals surface area (Å²) in [5.41, 5.74) is 5.79. The number of methoxy groups -OCH3 is 1. The van der Waals surface area contributed by atoms with E-state index in [9.17, 15) is 24.6 Å². The molecule has 4 N–H and O–H groups in total. The maximum Gasteiger partial charge on any atom is 0.329 e. The Morgan fingerprint density at radius 2 is 1.79 bits per heavy atom. The summed E-state index contributed by atoms with van der Waals surface area (Å²) in [5, 5.41) is 21.2. The summed E-state index contributed by atoms with van der Waals surface area (Å²) in [4.78, 5) is 40.8. The quantitative estimate of drug-likeness (QED) is 0.340. The zero-order chi connectivity index (χ0) is 28.2. The third-order valence-electron chi connectivity index (χ3n) is 9.10. The minimum atomic E-state index is -2.30. The summed E-state index contributed by atoms with van der Waals surface area (Å²) in [5.74, 6) is -4.62. The molecule has 10 unspecified atom stereocenters. The molecule has 10 atom stereocenters. The van der Waals surface area contributed by atoms with Crippen LogP contribution in [0.5, 0.6) is 0 Å². The molecule has 4 aliphatic rings. The van der Waals surface area contributed by atoms with E-state index in [0.29, 0.717) is 38.0 Å². The highest BCUT2D eigenvalue weighted by Crippen LogP contribution is 2.47. The number of nitrogens with zero attached hydrogens (tertiary/aromatic N) is 1. The smallest absolute Gasteiger partial charge is 0.329 e. The molecular formula is C28H48N2O8. The molecular weight excluding hydrogens is 492 g/mol. The predicted octanol–water partition coefficient (Wildman–Crippen LogP) is 2.13. The second-order valence-electron chi connectivity index (χ2n) is 11.3. The normalized spacial score (nSPS) is 39.8. The topological polar surface area (TPSA) is 149 Å². The van der Waals surface area contributed by atoms with Crippen LogP contribution in [0.1, 0.15) is 85.5 Å². The fraction of sp³-hybridized carbons (Fsp3) is 0.893. The maximum absolute atomic E-state index is 13.3. The van der Waals surface area contributed by atoms with Crippen molar-refractivity contribution in [1.29, 1.82) is 0 Å². The van der Waals surface area contributed by atoms with Crippen LogP contribution in [0.25, 0.3) is 0 Å². The fourth-order valence-corrected chi connectivity index (χ4v) is 6.84. The number of fused-ring (bicyclic) bond motifs is 1. The van der Waals surface area contributed by atoms with Gasteiger partial charge in [-0.2, -0.15) is 0 Å². The van der Waals surface area contributed by atoms with Crippen LogP contribution in [0.2, 0.25) is 0 Å². The van der Waals surface area contributed by atoms with Gasteiger partial charge in [-0.15, -0.1) is 0 Å². The zero-order valence-electron chi connectivity index (χ0n) is 23.6. The lowest BCUT2D eigenvalue weighted by Gasteiger charge is -2.41. The Bertz CT molecular complexity index is 840. The number of rotatable bonds is 6. The number of carbonyl (C=O) groups is 3. The van der Waals surface area contributed by atoms with Gasteiger partial charge in [-0.25, -0.2) is 4.79 Å². The molecule has 1 amide bonds. The van der Waals surface area contributed by atoms with Crippen LogP contribution < -0.4 is 5.73 Å². The highest BCUT2D eigenvalue weighted by atomic mass is 16.6. The van der Waals surface area contributed by atoms with E-state index >= 15 is 0 Å². The molecule has 0 radical (unpaired) electrons. The Kier molecular flexibility index (Phi) is 10.7. The lowest BCUT2D eigenvalue weighted by molar-refractivity contribution is -0.261. The number of esters is 1. The summed E-state index contributed by atoms with van der Waals surface area (Å²) < 4.78 is 16.8. The lowest BCUT2D eigenvalue weighted by Crippen LogP contribution is -2.61. The molecule has 2 aliphatic heterocycles. The molecule has 2 saturated carbocycles. The summed E-state index contributed by atoms with van der Waals surface area (Å²) in [6, 6.07) is -0.883. The summed E-state index contributed by atoms with van der Waals surface area (Å²) in [7, 11) is 1.63. The number of ketones is 1. The first-order chi connectivity index (χ1) is 18.1. The number of likely N-dealkylation sites (tertiary alicyclic amines) is 1. The Hall–Kier alpha value is -1.59. The number of nitrogens with two attached hydrogens (primary N) is 1. The van der Waals surface area contributed by atoms with Crippen molar-refractivity contribution in [1.82, 2.24) is 4.90 Å². The third kappa shape index (κ3) is 6.25. The molecule has 38 heavy (non-hydrogen) atoms. The molecule has 0 aromatic rings. The summed E-state index contributed by atoms with van der Waals surface area (Å²) in [6.07, 6.45) is 4.21. The van der Waals surface area contributed by atoms with Crippen LogP contribution in [0.15, 0.2) is 0 Å². The number of hydrogen-bond donors (Lipinski definition) is 3. The second kappa shape index (κ2) is 13.2. The molecule has 10 heteroatoms. The second-order valence-corrected chi connectivity index (χ2v) is 11.3. The summed E-state index contributed by atoms with van der Waals surface area (Å²) in [6.45, 7) is 7.75. The van der Waals surface area contributed by atoms with Crippen molar-refractivity contribution in [2.24, 2.45) is 29.4 Å². The van der Waals surface area contributed by atoms with Crippen LogP contribution >= 0.6 is 0 Å². The van der Waals surface area contributed by atoms with Crippen molar-refractivity contribution in [2.75, 3.05) is 13.7 Å². The fourth-order valence-electron chi connectivity index (χ4n) is 6.84. The van der Waals surface area contributed by atoms with Gasteiger partial charge in [0.05, 0.1) is 12.2 Å². The van der Waals surface area contributed by atoms with Gasteiger partial charge in [0.1, 0.15) is 18.4 Å². The van der Waals surface area contributed by atoms with E-state index in [4.69, 9.17) is 19.9 Å². The van der Waals surface area contributed by atoms with E-state index < -0.39 is 47.7 Å². The van der Waals surface area contributed by atoms with Gasteiger partial charge >= 0.3 is 5.97 Å². The SMILES string of the molecule is CC.COC1C(O)CCC2CC(C(C)OC(=O)C3CCCCN3C(=O)C(=O)C3(O)OC(N)CCC3C)CC21. The molecule has 2 aliphatic carbocycles. The van der Waals surface area contributed by atoms with E-state index in [1.807, 2.05) is 20.8 Å². The van der Waals surface area contributed by atoms with E-state index in [0.717, 1.165) is 25.7 Å². The predicted molar refractivity (Wildman–Crippen MR) is 139 cm³/mol. The number of Topliss-reactive ketones (excluding diaryl/α,β-unsaturated/α-hetero) is 1. The number of aliphatic hydroxyl groups is 2. The minimum Gasteiger partial charge on any atom is -0.461 e. The molecule has 0 spiro atoms. The molecule has 0 aromatic carbocycles. The lowest BCUT2D eigenvalue weighted by atomic mass is 9.78. The highest BCUT2D eigenvalue weighted by molar-refractivity contribution is 6.39. The minimum absolute atomic E-state index is 0.139. The Morgan fingerprint density at radius 3 is 2.47 bits per heavy atom. The van der Waals surface area contributed by atoms with Crippen LogP contribution in [-0.2, 0) is 28.6 Å². The number of aliphatic hydroxyl groups excluding tert-OH is 1. The standard InChI is InChI=1S/C26H42N2O8.C2H6/c1-14-7-10-21(27)36-26(14,33)23(30)24(31)28-11-5-4-6-19(28)25(32)35-15(2)17-12-16-8-9-20(29)22(34-3)18(16)13-17;1-2/h14-22,29,33H,4-13,27H2,1-3H3;1-2H3. The first kappa shape index (κ1) is 30.9. The third-order valence-corrected chi connectivity index (χ3v) is 9.10. The van der Waals surface area contributed by atoms with Crippen LogP contribution in [0, 0.1) is 23.7 Å². The Labute approximate surface area is 226 Å². The van der Waals surface area contributed by atoms with Crippen molar-refractivity contribution >= 4 is 17.7 Å². The van der Waals surface area contributed by atoms with Gasteiger partial charge in [0, 0.05) is 19.6 Å². The van der Waals surface area contributed by atoms with Gasteiger partial charge in [0.2, 0.25) is 5.79 Å². The number of amides is 1. The number of ether oxygens (including phenoxy) is 3. The zero-order valence-corrected chi connectivity index (χ0v) is 23.6. The summed E-state index contributed by atoms with van der Waals surface area (Å²) >= 11 is 0. The number of piperidine rings is 1. The molecule has 218 valence electrons. The molecule has 2 saturated heterocycles. The monoisotopic (exact) mass is 540 g/mol. The number of hydrogen-bond acceptors (Lipinski definition) is 9. The molecule has 10 nitrogen and oxygen atoms in total. The Balaban J connectivity index is 0.00000195. The maximum atomic E-state index is 13.3. The van der Waals surface area contributed by atoms with Gasteiger partial charge in [0.25, 0.3) is 11.7 Å². The van der Waals surface area contributed by atoms with Gasteiger partial charge in [0.15, 0.2) is 0 Å². The van der Waals surface area contributed by atoms with Crippen molar-refractivity contribution in [3.8, 4) is 0 Å². The van der Waals surface area contributed by atoms with Gasteiger partial charge in [-0.3, -0.25) is 9.59 Å². The first-order valence-corrected chi connectivity index (χ1v) is 14.5. The van der Waals surface area contributed by atoms with Crippen LogP contribution in [0.4, 0.5) is 0 Å². The van der Waals surface area contributed by atoms with Crippen molar-refractivity contribution < 1.29 is 38.8 Å². The van der Waals surface area contributed by atoms with Gasteiger partial charge < -0.3 is 35.1 Å². The van der Waals surface area contributed by atoms with Crippen LogP contribution in [-0.4, -0.2) is 82.8 Å². The average Bonchev–Trinajstić information content (AvgIpc) is 3.36. The van der Waals surface area contributed by atoms with Crippen LogP contribution in [0.3, 0.4) is 0 Å². The molecule has 0 aromatic heterocycles. The molecule has 4 fully saturated rings. The van der Waals surface area contributed by atoms with Crippen molar-refractivity contribution in [3.63, 3.8) is 0 Å². The van der Waals surface area contributed by atoms with Crippen molar-refractivity contribution in [3.05, 3.63) is 0 Å². The highest BCUT2D eigenvalue weighted by Gasteiger charge is 2.52.